The summed E-state index contributed by atoms with van der Waals surface area (Å²) >= 11 is 2.71. The fraction of sp³-hybridized carbons (Fsp3) is 0.314. The lowest BCUT2D eigenvalue weighted by Crippen LogP contribution is -2.29. The quantitative estimate of drug-likeness (QED) is 0.0479. The summed E-state index contributed by atoms with van der Waals surface area (Å²) in [6, 6.07) is 21.0. The van der Waals surface area contributed by atoms with Crippen molar-refractivity contribution in [1.82, 2.24) is 10.2 Å². The van der Waals surface area contributed by atoms with Crippen molar-refractivity contribution in [1.29, 1.82) is 0 Å². The zero-order chi connectivity index (χ0) is 32.6. The molecule has 0 aliphatic carbocycles. The van der Waals surface area contributed by atoms with Crippen LogP contribution >= 0.6 is 23.1 Å². The van der Waals surface area contributed by atoms with E-state index in [4.69, 9.17) is 14.2 Å². The van der Waals surface area contributed by atoms with E-state index in [0.717, 1.165) is 12.0 Å². The summed E-state index contributed by atoms with van der Waals surface area (Å²) in [6.07, 6.45) is 0.872. The van der Waals surface area contributed by atoms with Gasteiger partial charge in [-0.25, -0.2) is 0 Å². The van der Waals surface area contributed by atoms with Crippen LogP contribution < -0.4 is 19.1 Å². The molecule has 1 aliphatic heterocycles. The highest BCUT2D eigenvalue weighted by molar-refractivity contribution is 8.00. The van der Waals surface area contributed by atoms with Gasteiger partial charge in [0.05, 0.1) is 31.4 Å². The molecule has 1 fully saturated rings. The van der Waals surface area contributed by atoms with Gasteiger partial charge in [0, 0.05) is 11.3 Å². The molecular weight excluding hydrogens is 623 g/mol. The number of anilines is 1. The molecule has 1 aliphatic rings. The Morgan fingerprint density at radius 1 is 0.935 bits per heavy atom. The predicted molar refractivity (Wildman–Crippen MR) is 181 cm³/mol. The van der Waals surface area contributed by atoms with Crippen LogP contribution in [0, 0.1) is 5.92 Å². The number of hydrogen-bond donors (Lipinski definition) is 1. The van der Waals surface area contributed by atoms with Gasteiger partial charge in [-0.3, -0.25) is 14.5 Å². The van der Waals surface area contributed by atoms with Gasteiger partial charge in [0.1, 0.15) is 11.5 Å². The summed E-state index contributed by atoms with van der Waals surface area (Å²) < 4.78 is 18.2. The van der Waals surface area contributed by atoms with Gasteiger partial charge in [-0.05, 0) is 73.7 Å². The molecule has 1 atom stereocenters. The normalized spacial score (nSPS) is 15.8. The zero-order valence-corrected chi connectivity index (χ0v) is 27.9. The summed E-state index contributed by atoms with van der Waals surface area (Å²) in [4.78, 5) is 28.8. The molecule has 1 amide bonds. The van der Waals surface area contributed by atoms with Gasteiger partial charge in [-0.15, -0.1) is 10.2 Å². The van der Waals surface area contributed by atoms with Crippen LogP contribution in [-0.2, 0) is 15.3 Å². The van der Waals surface area contributed by atoms with Gasteiger partial charge in [-0.1, -0.05) is 73.3 Å². The van der Waals surface area contributed by atoms with E-state index in [-0.39, 0.29) is 16.5 Å². The monoisotopic (exact) mass is 659 g/mol. The highest BCUT2D eigenvalue weighted by atomic mass is 32.2. The minimum Gasteiger partial charge on any atom is -0.507 e. The van der Waals surface area contributed by atoms with Crippen LogP contribution in [0.2, 0.25) is 0 Å². The summed E-state index contributed by atoms with van der Waals surface area (Å²) in [5.74, 6) is 0.888. The van der Waals surface area contributed by atoms with Gasteiger partial charge >= 0.3 is 5.91 Å². The van der Waals surface area contributed by atoms with Crippen molar-refractivity contribution in [3.05, 3.63) is 95.1 Å². The molecule has 2 heterocycles. The van der Waals surface area contributed by atoms with Crippen LogP contribution in [0.5, 0.6) is 17.2 Å². The molecule has 1 N–H and O–H groups in total. The number of nitrogens with zero attached hydrogens (tertiary/aromatic N) is 3. The first-order valence-corrected chi connectivity index (χ1v) is 17.0. The van der Waals surface area contributed by atoms with E-state index in [1.165, 1.54) is 28.0 Å². The Bertz CT molecular complexity index is 1690. The maximum absolute atomic E-state index is 13.7. The molecule has 240 valence electrons. The predicted octanol–water partition coefficient (Wildman–Crippen LogP) is 7.68. The van der Waals surface area contributed by atoms with Crippen LogP contribution in [0.15, 0.2) is 82.7 Å². The number of carbonyl (C=O) groups excluding carboxylic acids is 2. The minimum atomic E-state index is -0.990. The van der Waals surface area contributed by atoms with E-state index in [1.54, 1.807) is 42.5 Å². The molecule has 1 unspecified atom stereocenters. The zero-order valence-electron chi connectivity index (χ0n) is 26.3. The Kier molecular flexibility index (Phi) is 11.0. The number of Topliss-reactive ketones (excluding diaryl/α,β-unsaturated/α-hetero) is 1. The lowest BCUT2D eigenvalue weighted by atomic mass is 9.95. The van der Waals surface area contributed by atoms with E-state index >= 15 is 0 Å². The van der Waals surface area contributed by atoms with E-state index in [1.807, 2.05) is 44.2 Å². The van der Waals surface area contributed by atoms with Gasteiger partial charge < -0.3 is 19.3 Å². The molecular formula is C35H37N3O6S2. The van der Waals surface area contributed by atoms with Gasteiger partial charge in [0.25, 0.3) is 5.78 Å². The van der Waals surface area contributed by atoms with Crippen LogP contribution in [0.25, 0.3) is 5.76 Å². The molecule has 5 rings (SSSR count). The number of aromatic nitrogens is 2. The average molecular weight is 660 g/mol. The Hall–Kier alpha value is -4.35. The van der Waals surface area contributed by atoms with Crippen molar-refractivity contribution >= 4 is 45.7 Å². The first kappa shape index (κ1) is 33.0. The number of benzene rings is 3. The standard InChI is InChI=1S/C35H37N3O6S2/c1-5-42-26-15-12-24(13-16-26)31(39)29-30(25-14-17-27(28(20-25)43-6-2)44-19-18-22(3)4)38(33(41)32(29)40)34-36-37-35(46-34)45-21-23-10-8-7-9-11-23/h7-17,20,22,30,39H,5-6,18-19,21H2,1-4H3/b31-29+. The molecule has 1 saturated heterocycles. The maximum atomic E-state index is 13.7. The van der Waals surface area contributed by atoms with Crippen molar-refractivity contribution < 1.29 is 28.9 Å². The minimum absolute atomic E-state index is 0.0567. The summed E-state index contributed by atoms with van der Waals surface area (Å²) in [5, 5.41) is 20.5. The molecule has 4 aromatic rings. The number of aliphatic hydroxyl groups is 1. The average Bonchev–Trinajstić information content (AvgIpc) is 3.63. The van der Waals surface area contributed by atoms with Crippen LogP contribution in [0.4, 0.5) is 5.13 Å². The fourth-order valence-electron chi connectivity index (χ4n) is 4.94. The maximum Gasteiger partial charge on any atom is 0.301 e. The van der Waals surface area contributed by atoms with Crippen molar-refractivity contribution in [3.63, 3.8) is 0 Å². The number of ketones is 1. The Morgan fingerprint density at radius 3 is 2.37 bits per heavy atom. The molecule has 0 spiro atoms. The third-order valence-corrected chi connectivity index (χ3v) is 9.35. The van der Waals surface area contributed by atoms with Crippen LogP contribution in [0.3, 0.4) is 0 Å². The second kappa shape index (κ2) is 15.3. The molecule has 0 saturated carbocycles. The van der Waals surface area contributed by atoms with E-state index in [9.17, 15) is 14.7 Å². The summed E-state index contributed by atoms with van der Waals surface area (Å²) in [6.45, 7) is 9.40. The fourth-order valence-corrected chi connectivity index (χ4v) is 6.76. The molecule has 11 heteroatoms. The van der Waals surface area contributed by atoms with Crippen LogP contribution in [-0.4, -0.2) is 46.8 Å². The lowest BCUT2D eigenvalue weighted by Gasteiger charge is -2.24. The summed E-state index contributed by atoms with van der Waals surface area (Å²) in [5.41, 5.74) is 2.00. The number of rotatable bonds is 14. The van der Waals surface area contributed by atoms with Crippen molar-refractivity contribution in [2.45, 2.75) is 50.3 Å². The highest BCUT2D eigenvalue weighted by Crippen LogP contribution is 2.45. The SMILES string of the molecule is CCOc1ccc(/C(O)=C2\C(=O)C(=O)N(c3nnc(SCc4ccccc4)s3)C2c2ccc(OCCC(C)C)c(OCC)c2)cc1. The third-order valence-electron chi connectivity index (χ3n) is 7.23. The molecule has 46 heavy (non-hydrogen) atoms. The number of thioether (sulfide) groups is 1. The molecule has 0 bridgehead atoms. The second-order valence-electron chi connectivity index (χ2n) is 10.9. The largest absolute Gasteiger partial charge is 0.507 e. The Labute approximate surface area is 277 Å². The number of amides is 1. The molecule has 3 aromatic carbocycles. The van der Waals surface area contributed by atoms with Crippen LogP contribution in [0.1, 0.15) is 56.8 Å². The number of carbonyl (C=O) groups is 2. The van der Waals surface area contributed by atoms with Crippen molar-refractivity contribution in [3.8, 4) is 17.2 Å². The first-order chi connectivity index (χ1) is 22.3. The van der Waals surface area contributed by atoms with E-state index in [0.29, 0.717) is 64.2 Å². The Balaban J connectivity index is 1.56. The topological polar surface area (TPSA) is 111 Å². The summed E-state index contributed by atoms with van der Waals surface area (Å²) in [7, 11) is 0. The van der Waals surface area contributed by atoms with E-state index < -0.39 is 17.7 Å². The Morgan fingerprint density at radius 2 is 1.67 bits per heavy atom. The smallest absolute Gasteiger partial charge is 0.301 e. The number of ether oxygens (including phenoxy) is 3. The third kappa shape index (κ3) is 7.54. The second-order valence-corrected chi connectivity index (χ2v) is 13.1. The van der Waals surface area contributed by atoms with Crippen molar-refractivity contribution in [2.75, 3.05) is 24.7 Å². The molecule has 1 aromatic heterocycles. The van der Waals surface area contributed by atoms with Crippen molar-refractivity contribution in [2.24, 2.45) is 5.92 Å². The number of hydrogen-bond acceptors (Lipinski definition) is 10. The van der Waals surface area contributed by atoms with E-state index in [2.05, 4.69) is 24.0 Å². The lowest BCUT2D eigenvalue weighted by molar-refractivity contribution is -0.132. The van der Waals surface area contributed by atoms with Gasteiger partial charge in [0.2, 0.25) is 5.13 Å². The first-order valence-electron chi connectivity index (χ1n) is 15.2. The highest BCUT2D eigenvalue weighted by Gasteiger charge is 2.48. The molecule has 0 radical (unpaired) electrons. The number of aliphatic hydroxyl groups excluding tert-OH is 1. The van der Waals surface area contributed by atoms with Gasteiger partial charge in [0.15, 0.2) is 15.8 Å². The van der Waals surface area contributed by atoms with Gasteiger partial charge in [-0.2, -0.15) is 0 Å². The molecule has 9 nitrogen and oxygen atoms in total.